The molecule has 5 heteroatoms. The van der Waals surface area contributed by atoms with E-state index in [1.165, 1.54) is 38.5 Å². The Morgan fingerprint density at radius 2 is 0.629 bits per heavy atom. The summed E-state index contributed by atoms with van der Waals surface area (Å²) in [4.78, 5) is 0. The Bertz CT molecular complexity index is 418. The van der Waals surface area contributed by atoms with Crippen molar-refractivity contribution in [3.63, 3.8) is 0 Å². The lowest BCUT2D eigenvalue weighted by molar-refractivity contribution is 0.0159. The van der Waals surface area contributed by atoms with Crippen molar-refractivity contribution in [2.75, 3.05) is 0 Å². The Labute approximate surface area is 220 Å². The van der Waals surface area contributed by atoms with Crippen LogP contribution in [0, 0.1) is 0 Å². The van der Waals surface area contributed by atoms with E-state index in [9.17, 15) is 4.57 Å². The molecule has 4 nitrogen and oxygen atoms in total. The Morgan fingerprint density at radius 3 is 0.857 bits per heavy atom. The second-order valence-electron chi connectivity index (χ2n) is 10.5. The van der Waals surface area contributed by atoms with Gasteiger partial charge in [-0.15, -0.1) is 0 Å². The van der Waals surface area contributed by atoms with Crippen LogP contribution in [0.1, 0.15) is 176 Å². The molecule has 0 aliphatic heterocycles. The number of hydrogen-bond donors (Lipinski definition) is 0. The average molecular weight is 519 g/mol. The van der Waals surface area contributed by atoms with Crippen molar-refractivity contribution in [1.29, 1.82) is 0 Å². The quantitative estimate of drug-likeness (QED) is 0.0801. The van der Waals surface area contributed by atoms with E-state index in [4.69, 9.17) is 13.6 Å². The van der Waals surface area contributed by atoms with Gasteiger partial charge in [0, 0.05) is 0 Å². The standard InChI is InChI=1S/C30H63O4P/c1-7-13-19-25-28(22-16-10-4)32-35(31,33-29(23-17-11-5)26-20-14-8-2)34-30(24-18-12-6)27-21-15-9-3/h28-30H,7-27H2,1-6H3. The fourth-order valence-corrected chi connectivity index (χ4v) is 6.41. The topological polar surface area (TPSA) is 44.8 Å². The molecular formula is C30H63O4P. The molecule has 0 rings (SSSR count). The van der Waals surface area contributed by atoms with E-state index in [1.54, 1.807) is 0 Å². The molecule has 3 unspecified atom stereocenters. The van der Waals surface area contributed by atoms with E-state index in [0.717, 1.165) is 96.3 Å². The molecule has 35 heavy (non-hydrogen) atoms. The van der Waals surface area contributed by atoms with Gasteiger partial charge in [-0.2, -0.15) is 0 Å². The van der Waals surface area contributed by atoms with Crippen LogP contribution in [0.4, 0.5) is 0 Å². The summed E-state index contributed by atoms with van der Waals surface area (Å²) in [5, 5.41) is 0. The number of unbranched alkanes of at least 4 members (excludes halogenated alkanes) is 9. The minimum absolute atomic E-state index is 0.0442. The summed E-state index contributed by atoms with van der Waals surface area (Å²) in [7, 11) is -3.65. The molecule has 0 N–H and O–H groups in total. The SMILES string of the molecule is CCCCCC(CCCC)OP(=O)(OC(CCCC)CCCCC)OC(CCCC)CCCCC. The fourth-order valence-electron chi connectivity index (χ4n) is 4.53. The fraction of sp³-hybridized carbons (Fsp3) is 1.00. The molecule has 0 spiro atoms. The summed E-state index contributed by atoms with van der Waals surface area (Å²) < 4.78 is 33.7. The Morgan fingerprint density at radius 1 is 0.400 bits per heavy atom. The molecule has 0 aromatic carbocycles. The summed E-state index contributed by atoms with van der Waals surface area (Å²) >= 11 is 0. The minimum atomic E-state index is -3.65. The van der Waals surface area contributed by atoms with Gasteiger partial charge in [0.2, 0.25) is 0 Å². The first-order chi connectivity index (χ1) is 17.0. The molecule has 0 heterocycles. The molecule has 0 bridgehead atoms. The van der Waals surface area contributed by atoms with Crippen LogP contribution < -0.4 is 0 Å². The number of phosphoric acid groups is 1. The van der Waals surface area contributed by atoms with E-state index in [0.29, 0.717) is 0 Å². The van der Waals surface area contributed by atoms with Crippen LogP contribution in [-0.2, 0) is 18.1 Å². The van der Waals surface area contributed by atoms with Gasteiger partial charge < -0.3 is 0 Å². The van der Waals surface area contributed by atoms with Crippen molar-refractivity contribution >= 4 is 7.82 Å². The second kappa shape index (κ2) is 24.4. The van der Waals surface area contributed by atoms with Crippen molar-refractivity contribution in [3.05, 3.63) is 0 Å². The van der Waals surface area contributed by atoms with E-state index < -0.39 is 7.82 Å². The van der Waals surface area contributed by atoms with Crippen molar-refractivity contribution in [2.24, 2.45) is 0 Å². The van der Waals surface area contributed by atoms with Crippen molar-refractivity contribution < 1.29 is 18.1 Å². The first-order valence-electron chi connectivity index (χ1n) is 15.6. The maximum Gasteiger partial charge on any atom is 0.475 e. The number of phosphoric ester groups is 1. The summed E-state index contributed by atoms with van der Waals surface area (Å²) in [5.74, 6) is 0. The maximum atomic E-state index is 14.4. The third-order valence-electron chi connectivity index (χ3n) is 6.86. The van der Waals surface area contributed by atoms with E-state index >= 15 is 0 Å². The van der Waals surface area contributed by atoms with Crippen LogP contribution in [0.3, 0.4) is 0 Å². The van der Waals surface area contributed by atoms with Crippen LogP contribution in [0.2, 0.25) is 0 Å². The predicted molar refractivity (Wildman–Crippen MR) is 153 cm³/mol. The predicted octanol–water partition coefficient (Wildman–Crippen LogP) is 11.6. The highest BCUT2D eigenvalue weighted by molar-refractivity contribution is 7.48. The summed E-state index contributed by atoms with van der Waals surface area (Å²) in [6.45, 7) is 13.3. The molecule has 0 aromatic heterocycles. The van der Waals surface area contributed by atoms with Crippen LogP contribution in [-0.4, -0.2) is 18.3 Å². The molecule has 0 amide bonds. The summed E-state index contributed by atoms with van der Waals surface area (Å²) in [6, 6.07) is 0. The molecule has 0 saturated carbocycles. The van der Waals surface area contributed by atoms with Gasteiger partial charge in [0.1, 0.15) is 0 Å². The smallest absolute Gasteiger partial charge is 0.284 e. The van der Waals surface area contributed by atoms with Gasteiger partial charge in [-0.25, -0.2) is 4.57 Å². The van der Waals surface area contributed by atoms with Crippen molar-refractivity contribution in [1.82, 2.24) is 0 Å². The number of rotatable bonds is 27. The van der Waals surface area contributed by atoms with Gasteiger partial charge in [-0.3, -0.25) is 13.6 Å². The zero-order valence-corrected chi connectivity index (χ0v) is 25.6. The summed E-state index contributed by atoms with van der Waals surface area (Å²) in [6.07, 6.45) is 22.5. The summed E-state index contributed by atoms with van der Waals surface area (Å²) in [5.41, 5.74) is 0. The highest BCUT2D eigenvalue weighted by atomic mass is 31.2. The Kier molecular flexibility index (Phi) is 24.5. The Hall–Kier alpha value is 0.110. The van der Waals surface area contributed by atoms with Crippen LogP contribution in [0.25, 0.3) is 0 Å². The van der Waals surface area contributed by atoms with E-state index in [2.05, 4.69) is 41.5 Å². The monoisotopic (exact) mass is 518 g/mol. The van der Waals surface area contributed by atoms with Gasteiger partial charge >= 0.3 is 7.82 Å². The molecule has 0 aliphatic rings. The lowest BCUT2D eigenvalue weighted by Gasteiger charge is -2.30. The van der Waals surface area contributed by atoms with Gasteiger partial charge in [-0.1, -0.05) is 138 Å². The molecule has 0 saturated heterocycles. The molecule has 3 atom stereocenters. The first-order valence-corrected chi connectivity index (χ1v) is 17.1. The molecule has 212 valence electrons. The third kappa shape index (κ3) is 19.8. The zero-order valence-electron chi connectivity index (χ0n) is 24.7. The molecule has 0 aliphatic carbocycles. The zero-order chi connectivity index (χ0) is 26.2. The van der Waals surface area contributed by atoms with Crippen LogP contribution in [0.5, 0.6) is 0 Å². The third-order valence-corrected chi connectivity index (χ3v) is 8.53. The van der Waals surface area contributed by atoms with E-state index in [-0.39, 0.29) is 18.3 Å². The highest BCUT2D eigenvalue weighted by Gasteiger charge is 2.36. The second-order valence-corrected chi connectivity index (χ2v) is 12.1. The molecule has 0 radical (unpaired) electrons. The maximum absolute atomic E-state index is 14.4. The molecule has 0 fully saturated rings. The van der Waals surface area contributed by atoms with Gasteiger partial charge in [-0.05, 0) is 38.5 Å². The largest absolute Gasteiger partial charge is 0.475 e. The van der Waals surface area contributed by atoms with Crippen molar-refractivity contribution in [3.8, 4) is 0 Å². The Balaban J connectivity index is 5.69. The van der Waals surface area contributed by atoms with Gasteiger partial charge in [0.15, 0.2) is 0 Å². The van der Waals surface area contributed by atoms with Gasteiger partial charge in [0.05, 0.1) is 18.3 Å². The lowest BCUT2D eigenvalue weighted by Crippen LogP contribution is -2.22. The van der Waals surface area contributed by atoms with Crippen molar-refractivity contribution in [2.45, 2.75) is 195 Å². The molecular weight excluding hydrogens is 455 g/mol. The normalized spacial score (nSPS) is 16.2. The van der Waals surface area contributed by atoms with Crippen LogP contribution >= 0.6 is 7.82 Å². The van der Waals surface area contributed by atoms with Gasteiger partial charge in [0.25, 0.3) is 0 Å². The highest BCUT2D eigenvalue weighted by Crippen LogP contribution is 2.55. The molecule has 0 aromatic rings. The minimum Gasteiger partial charge on any atom is -0.284 e. The average Bonchev–Trinajstić information content (AvgIpc) is 2.84. The first kappa shape index (κ1) is 35.1. The van der Waals surface area contributed by atoms with Crippen LogP contribution in [0.15, 0.2) is 0 Å². The lowest BCUT2D eigenvalue weighted by atomic mass is 10.1. The van der Waals surface area contributed by atoms with E-state index in [1.807, 2.05) is 0 Å². The number of hydrogen-bond acceptors (Lipinski definition) is 4.